The Balaban J connectivity index is 1.73. The van der Waals surface area contributed by atoms with Gasteiger partial charge in [-0.3, -0.25) is 4.79 Å². The van der Waals surface area contributed by atoms with E-state index in [-0.39, 0.29) is 38.8 Å². The molecule has 166 valence electrons. The molecule has 0 saturated heterocycles. The summed E-state index contributed by atoms with van der Waals surface area (Å²) in [7, 11) is 1.48. The van der Waals surface area contributed by atoms with Gasteiger partial charge in [-0.05, 0) is 53.0 Å². The van der Waals surface area contributed by atoms with Gasteiger partial charge in [0.05, 0.1) is 21.3 Å². The lowest BCUT2D eigenvalue weighted by atomic mass is 10.1. The molecule has 0 aliphatic heterocycles. The molecular formula is C20H15BrCl3N5O3. The van der Waals surface area contributed by atoms with Crippen LogP contribution < -0.4 is 10.4 Å². The summed E-state index contributed by atoms with van der Waals surface area (Å²) in [4.78, 5) is 36.8. The molecule has 1 saturated carbocycles. The molecule has 1 fully saturated rings. The summed E-state index contributed by atoms with van der Waals surface area (Å²) >= 11 is 22.0. The van der Waals surface area contributed by atoms with E-state index in [0.717, 1.165) is 12.8 Å². The van der Waals surface area contributed by atoms with E-state index in [4.69, 9.17) is 39.6 Å². The highest BCUT2D eigenvalue weighted by molar-refractivity contribution is 9.10. The summed E-state index contributed by atoms with van der Waals surface area (Å²) in [6, 6.07) is 7.78. The first-order valence-electron chi connectivity index (χ1n) is 9.36. The Kier molecular flexibility index (Phi) is 6.73. The van der Waals surface area contributed by atoms with Crippen molar-refractivity contribution in [1.29, 1.82) is 0 Å². The third kappa shape index (κ3) is 4.77. The van der Waals surface area contributed by atoms with Gasteiger partial charge in [0.2, 0.25) is 0 Å². The number of rotatable bonds is 6. The zero-order valence-electron chi connectivity index (χ0n) is 16.5. The van der Waals surface area contributed by atoms with Crippen LogP contribution in [0.5, 0.6) is 0 Å². The van der Waals surface area contributed by atoms with E-state index in [2.05, 4.69) is 31.5 Å². The number of hydrogen-bond donors (Lipinski definition) is 1. The number of amides is 1. The van der Waals surface area contributed by atoms with E-state index < -0.39 is 11.9 Å². The van der Waals surface area contributed by atoms with Crippen molar-refractivity contribution in [2.45, 2.75) is 18.9 Å². The number of nitrogens with one attached hydrogen (secondary N) is 1. The van der Waals surface area contributed by atoms with Gasteiger partial charge in [0.25, 0.3) is 5.91 Å². The fourth-order valence-corrected chi connectivity index (χ4v) is 4.13. The van der Waals surface area contributed by atoms with Gasteiger partial charge < -0.3 is 9.74 Å². The monoisotopic (exact) mass is 557 g/mol. The molecule has 0 radical (unpaired) electrons. The van der Waals surface area contributed by atoms with Crippen molar-refractivity contribution in [1.82, 2.24) is 20.2 Å². The number of aromatic nitrogens is 3. The molecule has 12 heteroatoms. The number of hydrogen-bond acceptors (Lipinski definition) is 6. The molecule has 1 aromatic carbocycles. The molecule has 0 unspecified atom stereocenters. The van der Waals surface area contributed by atoms with Crippen LogP contribution in [0.25, 0.3) is 5.82 Å². The third-order valence-electron chi connectivity index (χ3n) is 4.62. The summed E-state index contributed by atoms with van der Waals surface area (Å²) < 4.78 is 1.70. The number of pyridine rings is 1. The molecule has 8 nitrogen and oxygen atoms in total. The highest BCUT2D eigenvalue weighted by atomic mass is 79.9. The number of carbonyl (C=O) groups is 2. The maximum absolute atomic E-state index is 13.5. The molecule has 1 amide bonds. The number of halogens is 4. The minimum atomic E-state index is -0.710. The quantitative estimate of drug-likeness (QED) is 0.424. The van der Waals surface area contributed by atoms with E-state index in [0.29, 0.717) is 9.63 Å². The van der Waals surface area contributed by atoms with Crippen molar-refractivity contribution >= 4 is 68.3 Å². The van der Waals surface area contributed by atoms with Crippen molar-refractivity contribution in [3.05, 3.63) is 67.5 Å². The molecule has 32 heavy (non-hydrogen) atoms. The van der Waals surface area contributed by atoms with Crippen LogP contribution >= 0.6 is 50.7 Å². The van der Waals surface area contributed by atoms with Crippen molar-refractivity contribution in [2.24, 2.45) is 0 Å². The number of anilines is 1. The second-order valence-corrected chi connectivity index (χ2v) is 9.07. The van der Waals surface area contributed by atoms with Gasteiger partial charge in [-0.2, -0.15) is 5.10 Å². The standard InChI is InChI=1S/C20H15BrCl3N5O3/c1-28(17-12(7-10(22)8-14(17)24)20(31)32-27-11-4-5-11)19(30)15-9-16(21)26-29(15)18-13(23)3-2-6-25-18/h2-3,6-9,11,27H,4-5H2,1H3. The topological polar surface area (TPSA) is 89.4 Å². The Hall–Kier alpha value is -2.17. The number of hydroxylamine groups is 1. The maximum Gasteiger partial charge on any atom is 0.359 e. The van der Waals surface area contributed by atoms with Crippen molar-refractivity contribution in [3.8, 4) is 5.82 Å². The van der Waals surface area contributed by atoms with Gasteiger partial charge in [0, 0.05) is 30.4 Å². The van der Waals surface area contributed by atoms with E-state index in [1.54, 1.807) is 12.1 Å². The maximum atomic E-state index is 13.5. The predicted molar refractivity (Wildman–Crippen MR) is 125 cm³/mol. The van der Waals surface area contributed by atoms with Gasteiger partial charge in [-0.1, -0.05) is 34.8 Å². The first-order chi connectivity index (χ1) is 15.3. The van der Waals surface area contributed by atoms with Crippen LogP contribution in [-0.2, 0) is 4.84 Å². The summed E-state index contributed by atoms with van der Waals surface area (Å²) in [5, 5.41) is 4.91. The molecule has 0 bridgehead atoms. The average Bonchev–Trinajstić information content (AvgIpc) is 3.50. The first kappa shape index (κ1) is 23.0. The second kappa shape index (κ2) is 9.36. The average molecular weight is 560 g/mol. The number of nitrogens with zero attached hydrogens (tertiary/aromatic N) is 4. The third-order valence-corrected chi connectivity index (χ3v) is 5.81. The molecule has 1 aliphatic carbocycles. The number of benzene rings is 1. The van der Waals surface area contributed by atoms with E-state index in [1.807, 2.05) is 0 Å². The summed E-state index contributed by atoms with van der Waals surface area (Å²) in [5.74, 6) is -0.955. The summed E-state index contributed by atoms with van der Waals surface area (Å²) in [6.07, 6.45) is 3.37. The molecule has 3 aromatic rings. The summed E-state index contributed by atoms with van der Waals surface area (Å²) in [6.45, 7) is 0. The molecular weight excluding hydrogens is 545 g/mol. The van der Waals surface area contributed by atoms with Crippen LogP contribution in [0.1, 0.15) is 33.7 Å². The number of carbonyl (C=O) groups excluding carboxylic acids is 2. The second-order valence-electron chi connectivity index (χ2n) is 7.00. The van der Waals surface area contributed by atoms with Crippen LogP contribution in [0.2, 0.25) is 15.1 Å². The fourth-order valence-electron chi connectivity index (χ4n) is 2.93. The van der Waals surface area contributed by atoms with Crippen molar-refractivity contribution in [3.63, 3.8) is 0 Å². The molecule has 1 N–H and O–H groups in total. The predicted octanol–water partition coefficient (Wildman–Crippen LogP) is 5.09. The van der Waals surface area contributed by atoms with Crippen LogP contribution in [0.4, 0.5) is 5.69 Å². The Morgan fingerprint density at radius 2 is 1.97 bits per heavy atom. The largest absolute Gasteiger partial charge is 0.366 e. The lowest BCUT2D eigenvalue weighted by molar-refractivity contribution is 0.0237. The first-order valence-corrected chi connectivity index (χ1v) is 11.3. The highest BCUT2D eigenvalue weighted by Crippen LogP contribution is 2.35. The van der Waals surface area contributed by atoms with Crippen molar-refractivity contribution < 1.29 is 14.4 Å². The van der Waals surface area contributed by atoms with Gasteiger partial charge in [0.1, 0.15) is 10.3 Å². The van der Waals surface area contributed by atoms with E-state index >= 15 is 0 Å². The molecule has 0 spiro atoms. The highest BCUT2D eigenvalue weighted by Gasteiger charge is 2.29. The normalized spacial score (nSPS) is 13.2. The molecule has 4 rings (SSSR count). The van der Waals surface area contributed by atoms with Crippen LogP contribution in [0, 0.1) is 0 Å². The molecule has 2 aromatic heterocycles. The van der Waals surface area contributed by atoms with E-state index in [9.17, 15) is 9.59 Å². The Bertz CT molecular complexity index is 1220. The summed E-state index contributed by atoms with van der Waals surface area (Å²) in [5.41, 5.74) is 2.99. The Morgan fingerprint density at radius 1 is 1.22 bits per heavy atom. The van der Waals surface area contributed by atoms with Gasteiger partial charge in [-0.25, -0.2) is 14.5 Å². The lowest BCUT2D eigenvalue weighted by Crippen LogP contribution is -2.31. The van der Waals surface area contributed by atoms with Crippen molar-refractivity contribution in [2.75, 3.05) is 11.9 Å². The fraction of sp³-hybridized carbons (Fsp3) is 0.200. The van der Waals surface area contributed by atoms with Gasteiger partial charge >= 0.3 is 5.97 Å². The van der Waals surface area contributed by atoms with Crippen LogP contribution in [0.3, 0.4) is 0 Å². The minimum Gasteiger partial charge on any atom is -0.366 e. The lowest BCUT2D eigenvalue weighted by Gasteiger charge is -2.22. The SMILES string of the molecule is CN(C(=O)c1cc(Br)nn1-c1ncccc1Cl)c1c(Cl)cc(Cl)cc1C(=O)ONC1CC1. The zero-order chi connectivity index (χ0) is 23.0. The molecule has 0 atom stereocenters. The molecule has 1 aliphatic rings. The molecule has 2 heterocycles. The van der Waals surface area contributed by atoms with Gasteiger partial charge in [-0.15, -0.1) is 5.48 Å². The van der Waals surface area contributed by atoms with Crippen LogP contribution in [0.15, 0.2) is 41.1 Å². The Labute approximate surface area is 206 Å². The Morgan fingerprint density at radius 3 is 2.66 bits per heavy atom. The minimum absolute atomic E-state index is 0.0347. The smallest absolute Gasteiger partial charge is 0.359 e. The van der Waals surface area contributed by atoms with Gasteiger partial charge in [0.15, 0.2) is 5.82 Å². The van der Waals surface area contributed by atoms with Crippen LogP contribution in [-0.4, -0.2) is 39.7 Å². The van der Waals surface area contributed by atoms with E-state index in [1.165, 1.54) is 41.0 Å². The zero-order valence-corrected chi connectivity index (χ0v) is 20.3.